The van der Waals surface area contributed by atoms with Crippen LogP contribution >= 0.6 is 0 Å². The Kier molecular flexibility index (Phi) is 64.9. The molecule has 6 nitrogen and oxygen atoms in total. The molecule has 1 amide bonds. The van der Waals surface area contributed by atoms with Gasteiger partial charge >= 0.3 is 5.97 Å². The van der Waals surface area contributed by atoms with Crippen LogP contribution in [0.25, 0.3) is 0 Å². The number of rotatable bonds is 65. The monoisotopic (exact) mass is 1080 g/mol. The number of carbonyl (C=O) groups is 2. The summed E-state index contributed by atoms with van der Waals surface area (Å²) in [6, 6.07) is -0.551. The van der Waals surface area contributed by atoms with Gasteiger partial charge in [-0.15, -0.1) is 0 Å². The average Bonchev–Trinajstić information content (AvgIpc) is 3.43. The number of esters is 1. The van der Waals surface area contributed by atoms with Gasteiger partial charge in [0.05, 0.1) is 25.4 Å². The van der Waals surface area contributed by atoms with Gasteiger partial charge in [0.15, 0.2) is 0 Å². The highest BCUT2D eigenvalue weighted by molar-refractivity contribution is 5.76. The van der Waals surface area contributed by atoms with E-state index in [1.54, 1.807) is 0 Å². The first-order valence-electron chi connectivity index (χ1n) is 34.7. The smallest absolute Gasteiger partial charge is 0.305 e. The lowest BCUT2D eigenvalue weighted by atomic mass is 10.0. The zero-order valence-corrected chi connectivity index (χ0v) is 52.0. The Bertz CT molecular complexity index is 1250. The summed E-state index contributed by atoms with van der Waals surface area (Å²) < 4.78 is 5.48. The van der Waals surface area contributed by atoms with Crippen LogP contribution in [0, 0.1) is 0 Å². The zero-order valence-electron chi connectivity index (χ0n) is 52.0. The van der Waals surface area contributed by atoms with E-state index in [1.807, 2.05) is 0 Å². The summed E-state index contributed by atoms with van der Waals surface area (Å²) in [5.74, 6) is -0.0426. The van der Waals surface area contributed by atoms with Crippen LogP contribution in [0.4, 0.5) is 0 Å². The van der Waals surface area contributed by atoms with Crippen molar-refractivity contribution in [2.24, 2.45) is 0 Å². The van der Waals surface area contributed by atoms with Gasteiger partial charge in [0.1, 0.15) is 0 Å². The molecule has 0 aromatic heterocycles. The Morgan fingerprint density at radius 1 is 0.364 bits per heavy atom. The quantitative estimate of drug-likeness (QED) is 0.0320. The van der Waals surface area contributed by atoms with Crippen molar-refractivity contribution < 1.29 is 24.5 Å². The van der Waals surface area contributed by atoms with Crippen LogP contribution in [0.3, 0.4) is 0 Å². The lowest BCUT2D eigenvalue weighted by Crippen LogP contribution is -2.45. The Morgan fingerprint density at radius 2 is 0.649 bits per heavy atom. The van der Waals surface area contributed by atoms with Crippen LogP contribution in [-0.2, 0) is 14.3 Å². The van der Waals surface area contributed by atoms with Gasteiger partial charge in [-0.1, -0.05) is 320 Å². The van der Waals surface area contributed by atoms with Gasteiger partial charge in [-0.3, -0.25) is 9.59 Å². The van der Waals surface area contributed by atoms with E-state index >= 15 is 0 Å². The minimum atomic E-state index is -0.673. The number of carbonyl (C=O) groups excluding carboxylic acids is 2. The molecule has 3 N–H and O–H groups in total. The first kappa shape index (κ1) is 75.1. The van der Waals surface area contributed by atoms with Crippen LogP contribution in [0.1, 0.15) is 380 Å². The molecule has 0 aromatic rings. The van der Waals surface area contributed by atoms with Crippen molar-refractivity contribution in [1.82, 2.24) is 5.32 Å². The topological polar surface area (TPSA) is 95.9 Å². The standard InChI is InChI=1S/C71H135NO5/c1-3-5-7-9-11-13-15-17-19-20-21-22-24-27-30-33-36-39-43-47-51-55-59-63-69(74)68(67-73)72-70(75)64-60-56-52-48-44-40-37-34-31-28-25-23-26-29-32-35-38-42-46-50-54-58-62-66-77-71(76)65-61-57-53-49-45-41-18-16-14-12-10-8-6-4-2/h16,18,23,26,28,31,68-69,73-74H,3-15,17,19-22,24-25,27,29-30,32-67H2,1-2H3,(H,72,75)/b18-16-,26-23-,31-28-. The fraction of sp³-hybridized carbons (Fsp3) is 0.887. The van der Waals surface area contributed by atoms with E-state index in [0.717, 1.165) is 57.8 Å². The van der Waals surface area contributed by atoms with Crippen molar-refractivity contribution in [3.8, 4) is 0 Å². The van der Waals surface area contributed by atoms with Gasteiger partial charge in [-0.05, 0) is 83.5 Å². The highest BCUT2D eigenvalue weighted by atomic mass is 16.5. The van der Waals surface area contributed by atoms with Crippen molar-refractivity contribution in [2.75, 3.05) is 13.2 Å². The Hall–Kier alpha value is -1.92. The predicted octanol–water partition coefficient (Wildman–Crippen LogP) is 22.3. The second-order valence-electron chi connectivity index (χ2n) is 23.9. The van der Waals surface area contributed by atoms with E-state index in [-0.39, 0.29) is 18.5 Å². The molecule has 0 fully saturated rings. The van der Waals surface area contributed by atoms with E-state index < -0.39 is 12.1 Å². The molecule has 454 valence electrons. The summed E-state index contributed by atoms with van der Waals surface area (Å²) in [5, 5.41) is 23.4. The van der Waals surface area contributed by atoms with E-state index in [2.05, 4.69) is 55.6 Å². The van der Waals surface area contributed by atoms with Gasteiger partial charge in [-0.25, -0.2) is 0 Å². The number of amides is 1. The van der Waals surface area contributed by atoms with Gasteiger partial charge in [0.25, 0.3) is 0 Å². The number of nitrogens with one attached hydrogen (secondary N) is 1. The fourth-order valence-electron chi connectivity index (χ4n) is 10.8. The lowest BCUT2D eigenvalue weighted by molar-refractivity contribution is -0.143. The second-order valence-corrected chi connectivity index (χ2v) is 23.9. The summed E-state index contributed by atoms with van der Waals surface area (Å²) in [6.07, 6.45) is 84.6. The molecule has 0 rings (SSSR count). The summed E-state index contributed by atoms with van der Waals surface area (Å²) in [6.45, 7) is 4.96. The number of hydrogen-bond acceptors (Lipinski definition) is 5. The molecule has 77 heavy (non-hydrogen) atoms. The van der Waals surface area contributed by atoms with Gasteiger partial charge in [0, 0.05) is 12.8 Å². The molecule has 0 aliphatic carbocycles. The van der Waals surface area contributed by atoms with Crippen molar-refractivity contribution in [3.05, 3.63) is 36.5 Å². The van der Waals surface area contributed by atoms with Crippen LogP contribution in [0.2, 0.25) is 0 Å². The molecule has 0 aliphatic rings. The van der Waals surface area contributed by atoms with Crippen LogP contribution in [-0.4, -0.2) is 47.4 Å². The van der Waals surface area contributed by atoms with E-state index in [4.69, 9.17) is 4.74 Å². The minimum absolute atomic E-state index is 0.000943. The molecular formula is C71H135NO5. The van der Waals surface area contributed by atoms with Crippen molar-refractivity contribution in [1.29, 1.82) is 0 Å². The number of ether oxygens (including phenoxy) is 1. The molecule has 0 heterocycles. The Balaban J connectivity index is 3.45. The van der Waals surface area contributed by atoms with Crippen molar-refractivity contribution in [3.63, 3.8) is 0 Å². The van der Waals surface area contributed by atoms with Crippen LogP contribution < -0.4 is 5.32 Å². The highest BCUT2D eigenvalue weighted by Crippen LogP contribution is 2.18. The minimum Gasteiger partial charge on any atom is -0.466 e. The molecule has 2 unspecified atom stereocenters. The maximum atomic E-state index is 12.5. The normalized spacial score (nSPS) is 12.7. The predicted molar refractivity (Wildman–Crippen MR) is 338 cm³/mol. The Labute approximate surface area is 481 Å². The third-order valence-corrected chi connectivity index (χ3v) is 16.2. The van der Waals surface area contributed by atoms with Gasteiger partial charge < -0.3 is 20.3 Å². The molecule has 2 atom stereocenters. The molecule has 0 aromatic carbocycles. The number of unbranched alkanes of at least 4 members (excludes halogenated alkanes) is 48. The summed E-state index contributed by atoms with van der Waals surface area (Å²) >= 11 is 0. The number of hydrogen-bond donors (Lipinski definition) is 3. The molecule has 6 heteroatoms. The molecule has 0 bridgehead atoms. The maximum Gasteiger partial charge on any atom is 0.305 e. The van der Waals surface area contributed by atoms with E-state index in [9.17, 15) is 19.8 Å². The summed E-state index contributed by atoms with van der Waals surface area (Å²) in [4.78, 5) is 24.6. The SMILES string of the molecule is CCCCCCC/C=C\CCCCCCCC(=O)OCCCCCCCCCCC/C=C\C/C=C\CCCCCCCCCC(=O)NC(CO)C(O)CCCCCCCCCCCCCCCCCCCCCCCCC. The molecule has 0 spiro atoms. The zero-order chi connectivity index (χ0) is 55.7. The highest BCUT2D eigenvalue weighted by Gasteiger charge is 2.20. The van der Waals surface area contributed by atoms with Crippen molar-refractivity contribution >= 4 is 11.9 Å². The van der Waals surface area contributed by atoms with Crippen LogP contribution in [0.15, 0.2) is 36.5 Å². The van der Waals surface area contributed by atoms with E-state index in [1.165, 1.54) is 289 Å². The number of aliphatic hydroxyl groups is 2. The third kappa shape index (κ3) is 63.1. The fourth-order valence-corrected chi connectivity index (χ4v) is 10.8. The first-order valence-corrected chi connectivity index (χ1v) is 34.7. The molecule has 0 saturated carbocycles. The number of aliphatic hydroxyl groups excluding tert-OH is 2. The Morgan fingerprint density at radius 3 is 1.00 bits per heavy atom. The largest absolute Gasteiger partial charge is 0.466 e. The third-order valence-electron chi connectivity index (χ3n) is 16.2. The molecule has 0 saturated heterocycles. The average molecular weight is 1080 g/mol. The van der Waals surface area contributed by atoms with E-state index in [0.29, 0.717) is 25.9 Å². The van der Waals surface area contributed by atoms with Gasteiger partial charge in [-0.2, -0.15) is 0 Å². The first-order chi connectivity index (χ1) is 38.0. The summed E-state index contributed by atoms with van der Waals surface area (Å²) in [7, 11) is 0. The summed E-state index contributed by atoms with van der Waals surface area (Å²) in [5.41, 5.74) is 0. The second kappa shape index (κ2) is 66.6. The molecule has 0 aliphatic heterocycles. The van der Waals surface area contributed by atoms with Crippen LogP contribution in [0.5, 0.6) is 0 Å². The van der Waals surface area contributed by atoms with Crippen molar-refractivity contribution in [2.45, 2.75) is 392 Å². The number of allylic oxidation sites excluding steroid dienone is 6. The molecular weight excluding hydrogens is 947 g/mol. The van der Waals surface area contributed by atoms with Gasteiger partial charge in [0.2, 0.25) is 5.91 Å². The maximum absolute atomic E-state index is 12.5. The lowest BCUT2D eigenvalue weighted by Gasteiger charge is -2.22. The molecule has 0 radical (unpaired) electrons.